The number of anilines is 1. The number of alkyl halides is 3. The average Bonchev–Trinajstić information content (AvgIpc) is 2.62. The first-order valence-electron chi connectivity index (χ1n) is 6.15. The molecule has 7 heteroatoms. The molecule has 1 aliphatic rings. The summed E-state index contributed by atoms with van der Waals surface area (Å²) in [6.07, 6.45) is -3.28. The molecule has 0 bridgehead atoms. The molecule has 0 atom stereocenters. The largest absolute Gasteiger partial charge is 0.391 e. The van der Waals surface area contributed by atoms with E-state index in [0.29, 0.717) is 36.5 Å². The van der Waals surface area contributed by atoms with Gasteiger partial charge in [0.25, 0.3) is 0 Å². The number of hydrogen-bond donors (Lipinski definition) is 0. The van der Waals surface area contributed by atoms with E-state index in [1.165, 1.54) is 0 Å². The first kappa shape index (κ1) is 13.9. The lowest BCUT2D eigenvalue weighted by Gasteiger charge is -2.34. The Labute approximate surface area is 109 Å². The Bertz CT molecular complexity index is 473. The molecule has 1 aliphatic heterocycles. The summed E-state index contributed by atoms with van der Waals surface area (Å²) in [5.41, 5.74) is 1.07. The molecule has 0 aromatic carbocycles. The fraction of sp³-hybridized carbons (Fsp3) is 0.667. The number of nitrogens with zero attached hydrogens (tertiary/aromatic N) is 3. The predicted molar refractivity (Wildman–Crippen MR) is 64.3 cm³/mol. The molecule has 0 aliphatic carbocycles. The fourth-order valence-corrected chi connectivity index (χ4v) is 2.59. The number of hydrogen-bond acceptors (Lipinski definition) is 3. The summed E-state index contributed by atoms with van der Waals surface area (Å²) in [4.78, 5) is 12.9. The van der Waals surface area contributed by atoms with Gasteiger partial charge in [-0.05, 0) is 19.8 Å². The van der Waals surface area contributed by atoms with Crippen LogP contribution in [-0.2, 0) is 7.05 Å². The molecule has 0 amide bonds. The number of aldehydes is 1. The van der Waals surface area contributed by atoms with E-state index in [1.54, 1.807) is 18.7 Å². The van der Waals surface area contributed by atoms with Crippen LogP contribution in [0.4, 0.5) is 19.0 Å². The maximum absolute atomic E-state index is 12.6. The molecule has 1 fully saturated rings. The minimum atomic E-state index is -4.12. The number of piperidine rings is 1. The van der Waals surface area contributed by atoms with Crippen molar-refractivity contribution in [1.29, 1.82) is 0 Å². The number of rotatable bonds is 2. The Morgan fingerprint density at radius 3 is 2.37 bits per heavy atom. The van der Waals surface area contributed by atoms with E-state index >= 15 is 0 Å². The quantitative estimate of drug-likeness (QED) is 0.777. The topological polar surface area (TPSA) is 38.1 Å². The zero-order valence-corrected chi connectivity index (χ0v) is 10.9. The van der Waals surface area contributed by atoms with Crippen LogP contribution in [0.5, 0.6) is 0 Å². The van der Waals surface area contributed by atoms with Crippen LogP contribution in [0.3, 0.4) is 0 Å². The lowest BCUT2D eigenvalue weighted by atomic mass is 9.96. The van der Waals surface area contributed by atoms with Crippen LogP contribution in [0.1, 0.15) is 28.9 Å². The Hall–Kier alpha value is -1.53. The van der Waals surface area contributed by atoms with Crippen LogP contribution >= 0.6 is 0 Å². The zero-order valence-electron chi connectivity index (χ0n) is 10.9. The molecule has 106 valence electrons. The van der Waals surface area contributed by atoms with Crippen molar-refractivity contribution < 1.29 is 18.0 Å². The van der Waals surface area contributed by atoms with Crippen molar-refractivity contribution in [1.82, 2.24) is 9.78 Å². The van der Waals surface area contributed by atoms with Gasteiger partial charge in [0.15, 0.2) is 6.29 Å². The summed E-state index contributed by atoms with van der Waals surface area (Å²) in [5.74, 6) is -0.620. The van der Waals surface area contributed by atoms with Crippen LogP contribution < -0.4 is 4.90 Å². The van der Waals surface area contributed by atoms with Gasteiger partial charge < -0.3 is 4.90 Å². The normalized spacial score (nSPS) is 17.8. The van der Waals surface area contributed by atoms with Gasteiger partial charge >= 0.3 is 6.18 Å². The van der Waals surface area contributed by atoms with Gasteiger partial charge in [0.1, 0.15) is 5.82 Å². The standard InChI is InChI=1S/C12H16F3N3O/c1-8-10(7-19)11(17(2)16-8)18-5-3-9(4-6-18)12(13,14)15/h7,9H,3-6H2,1-2H3. The molecular weight excluding hydrogens is 259 g/mol. The van der Waals surface area contributed by atoms with Crippen LogP contribution in [0.15, 0.2) is 0 Å². The summed E-state index contributed by atoms with van der Waals surface area (Å²) in [6.45, 7) is 2.31. The number of aryl methyl sites for hydroxylation is 2. The Morgan fingerprint density at radius 2 is 1.89 bits per heavy atom. The van der Waals surface area contributed by atoms with E-state index in [9.17, 15) is 18.0 Å². The molecule has 0 unspecified atom stereocenters. The van der Waals surface area contributed by atoms with Crippen molar-refractivity contribution in [3.05, 3.63) is 11.3 Å². The van der Waals surface area contributed by atoms with E-state index in [4.69, 9.17) is 0 Å². The van der Waals surface area contributed by atoms with Gasteiger partial charge in [-0.2, -0.15) is 18.3 Å². The van der Waals surface area contributed by atoms with Gasteiger partial charge in [-0.1, -0.05) is 0 Å². The Morgan fingerprint density at radius 1 is 1.32 bits per heavy atom. The number of aromatic nitrogens is 2. The zero-order chi connectivity index (χ0) is 14.2. The van der Waals surface area contributed by atoms with Crippen molar-refractivity contribution in [2.75, 3.05) is 18.0 Å². The molecule has 4 nitrogen and oxygen atoms in total. The van der Waals surface area contributed by atoms with Crippen LogP contribution in [0.25, 0.3) is 0 Å². The van der Waals surface area contributed by atoms with Crippen molar-refractivity contribution in [3.8, 4) is 0 Å². The highest BCUT2D eigenvalue weighted by Crippen LogP contribution is 2.36. The van der Waals surface area contributed by atoms with E-state index in [-0.39, 0.29) is 12.8 Å². The van der Waals surface area contributed by atoms with Gasteiger partial charge in [0.05, 0.1) is 17.2 Å². The van der Waals surface area contributed by atoms with Gasteiger partial charge in [0, 0.05) is 20.1 Å². The highest BCUT2D eigenvalue weighted by molar-refractivity contribution is 5.84. The molecule has 2 heterocycles. The van der Waals surface area contributed by atoms with Gasteiger partial charge in [-0.15, -0.1) is 0 Å². The van der Waals surface area contributed by atoms with Gasteiger partial charge in [0.2, 0.25) is 0 Å². The molecule has 1 saturated heterocycles. The van der Waals surface area contributed by atoms with E-state index in [1.807, 2.05) is 4.90 Å². The third-order valence-corrected chi connectivity index (χ3v) is 3.61. The predicted octanol–water partition coefficient (Wildman–Crippen LogP) is 2.32. The first-order valence-corrected chi connectivity index (χ1v) is 6.15. The lowest BCUT2D eigenvalue weighted by Crippen LogP contribution is -2.40. The average molecular weight is 275 g/mol. The SMILES string of the molecule is Cc1nn(C)c(N2CCC(C(F)(F)F)CC2)c1C=O. The number of halogens is 3. The molecule has 0 N–H and O–H groups in total. The van der Waals surface area contributed by atoms with Gasteiger partial charge in [-0.3, -0.25) is 9.48 Å². The summed E-state index contributed by atoms with van der Waals surface area (Å²) >= 11 is 0. The van der Waals surface area contributed by atoms with Crippen molar-refractivity contribution in [3.63, 3.8) is 0 Å². The monoisotopic (exact) mass is 275 g/mol. The molecule has 19 heavy (non-hydrogen) atoms. The van der Waals surface area contributed by atoms with Crippen molar-refractivity contribution >= 4 is 12.1 Å². The summed E-state index contributed by atoms with van der Waals surface area (Å²) in [5, 5.41) is 4.15. The first-order chi connectivity index (χ1) is 8.84. The molecule has 0 radical (unpaired) electrons. The second kappa shape index (κ2) is 4.86. The molecular formula is C12H16F3N3O. The van der Waals surface area contributed by atoms with Gasteiger partial charge in [-0.25, -0.2) is 0 Å². The number of carbonyl (C=O) groups is 1. The summed E-state index contributed by atoms with van der Waals surface area (Å²) in [6, 6.07) is 0. The number of carbonyl (C=O) groups excluding carboxylic acids is 1. The Balaban J connectivity index is 2.16. The minimum Gasteiger partial charge on any atom is -0.356 e. The van der Waals surface area contributed by atoms with E-state index in [0.717, 1.165) is 0 Å². The summed E-state index contributed by atoms with van der Waals surface area (Å²) < 4.78 is 39.4. The van der Waals surface area contributed by atoms with Crippen molar-refractivity contribution in [2.24, 2.45) is 13.0 Å². The second-order valence-electron chi connectivity index (χ2n) is 4.87. The molecule has 1 aromatic rings. The third kappa shape index (κ3) is 2.59. The lowest BCUT2D eigenvalue weighted by molar-refractivity contribution is -0.179. The maximum Gasteiger partial charge on any atom is 0.391 e. The summed E-state index contributed by atoms with van der Waals surface area (Å²) in [7, 11) is 1.70. The Kier molecular flexibility index (Phi) is 3.56. The highest BCUT2D eigenvalue weighted by Gasteiger charge is 2.41. The van der Waals surface area contributed by atoms with Crippen LogP contribution in [-0.4, -0.2) is 35.3 Å². The maximum atomic E-state index is 12.6. The fourth-order valence-electron chi connectivity index (χ4n) is 2.59. The molecule has 2 rings (SSSR count). The van der Waals surface area contributed by atoms with E-state index < -0.39 is 12.1 Å². The van der Waals surface area contributed by atoms with Crippen LogP contribution in [0.2, 0.25) is 0 Å². The minimum absolute atomic E-state index is 0.0615. The second-order valence-corrected chi connectivity index (χ2v) is 4.87. The van der Waals surface area contributed by atoms with Crippen LogP contribution in [0, 0.1) is 12.8 Å². The molecule has 0 saturated carbocycles. The van der Waals surface area contributed by atoms with E-state index in [2.05, 4.69) is 5.10 Å². The van der Waals surface area contributed by atoms with Crippen molar-refractivity contribution in [2.45, 2.75) is 25.9 Å². The smallest absolute Gasteiger partial charge is 0.356 e. The molecule has 1 aromatic heterocycles. The third-order valence-electron chi connectivity index (χ3n) is 3.61. The highest BCUT2D eigenvalue weighted by atomic mass is 19.4. The molecule has 0 spiro atoms.